The van der Waals surface area contributed by atoms with Gasteiger partial charge in [-0.25, -0.2) is 0 Å². The number of rotatable bonds is 4. The van der Waals surface area contributed by atoms with Crippen molar-refractivity contribution >= 4 is 23.1 Å². The Morgan fingerprint density at radius 2 is 1.88 bits per heavy atom. The summed E-state index contributed by atoms with van der Waals surface area (Å²) in [6.07, 6.45) is 3.65. The van der Waals surface area contributed by atoms with Crippen LogP contribution in [0, 0.1) is 0 Å². The predicted molar refractivity (Wildman–Crippen MR) is 127 cm³/mol. The van der Waals surface area contributed by atoms with Gasteiger partial charge in [-0.1, -0.05) is 42.5 Å². The highest BCUT2D eigenvalue weighted by Gasteiger charge is 2.44. The van der Waals surface area contributed by atoms with E-state index in [4.69, 9.17) is 4.99 Å². The topological polar surface area (TPSA) is 74.6 Å². The number of amidine groups is 1. The zero-order chi connectivity index (χ0) is 22.0. The SMILES string of the molecule is CCn1ccc(C(=O)N2CCC[C@]3(C2)Nc2ccccc2NC3=NCc2ccccc2)n1. The molecule has 0 radical (unpaired) electrons. The molecule has 1 atom stereocenters. The fraction of sp³-hybridized carbons (Fsp3) is 0.320. The molecule has 0 bridgehead atoms. The molecule has 1 saturated heterocycles. The first-order chi connectivity index (χ1) is 15.7. The summed E-state index contributed by atoms with van der Waals surface area (Å²) in [5, 5.41) is 11.7. The first kappa shape index (κ1) is 20.3. The second-order valence-corrected chi connectivity index (χ2v) is 8.42. The Kier molecular flexibility index (Phi) is 5.39. The van der Waals surface area contributed by atoms with Crippen molar-refractivity contribution in [3.63, 3.8) is 0 Å². The number of likely N-dealkylation sites (tertiary alicyclic amines) is 1. The van der Waals surface area contributed by atoms with Crippen LogP contribution in [-0.4, -0.2) is 45.1 Å². The van der Waals surface area contributed by atoms with E-state index in [1.54, 1.807) is 10.7 Å². The molecule has 5 rings (SSSR count). The summed E-state index contributed by atoms with van der Waals surface area (Å²) in [7, 11) is 0. The Morgan fingerprint density at radius 1 is 1.09 bits per heavy atom. The Labute approximate surface area is 188 Å². The molecule has 1 aromatic heterocycles. The number of carbonyl (C=O) groups excluding carboxylic acids is 1. The number of para-hydroxylation sites is 2. The monoisotopic (exact) mass is 428 g/mol. The summed E-state index contributed by atoms with van der Waals surface area (Å²) in [4.78, 5) is 20.2. The number of carbonyl (C=O) groups is 1. The highest BCUT2D eigenvalue weighted by atomic mass is 16.2. The second-order valence-electron chi connectivity index (χ2n) is 8.42. The molecule has 164 valence electrons. The van der Waals surface area contributed by atoms with Gasteiger partial charge >= 0.3 is 0 Å². The van der Waals surface area contributed by atoms with Crippen LogP contribution < -0.4 is 10.6 Å². The van der Waals surface area contributed by atoms with E-state index in [9.17, 15) is 4.79 Å². The van der Waals surface area contributed by atoms with Crippen LogP contribution in [0.3, 0.4) is 0 Å². The van der Waals surface area contributed by atoms with Crippen molar-refractivity contribution in [2.45, 2.75) is 38.4 Å². The number of aryl methyl sites for hydroxylation is 1. The third-order valence-electron chi connectivity index (χ3n) is 6.23. The second kappa shape index (κ2) is 8.49. The van der Waals surface area contributed by atoms with Crippen LogP contribution in [0.25, 0.3) is 0 Å². The van der Waals surface area contributed by atoms with Gasteiger partial charge in [0.2, 0.25) is 0 Å². The summed E-state index contributed by atoms with van der Waals surface area (Å²) in [5.74, 6) is 0.857. The number of fused-ring (bicyclic) bond motifs is 1. The van der Waals surface area contributed by atoms with Crippen LogP contribution in [0.15, 0.2) is 71.9 Å². The molecule has 2 N–H and O–H groups in total. The number of anilines is 2. The Balaban J connectivity index is 1.46. The molecule has 3 aromatic rings. The third kappa shape index (κ3) is 3.86. The molecule has 0 aliphatic carbocycles. The molecular formula is C25H28N6O. The normalized spacial score (nSPS) is 21.2. The number of amides is 1. The number of nitrogens with zero attached hydrogens (tertiary/aromatic N) is 4. The molecule has 1 amide bonds. The van der Waals surface area contributed by atoms with E-state index in [2.05, 4.69) is 40.0 Å². The average Bonchev–Trinajstić information content (AvgIpc) is 3.32. The van der Waals surface area contributed by atoms with Crippen molar-refractivity contribution in [2.24, 2.45) is 4.99 Å². The molecule has 1 fully saturated rings. The number of aliphatic imine (C=N–C) groups is 1. The zero-order valence-corrected chi connectivity index (χ0v) is 18.3. The van der Waals surface area contributed by atoms with E-state index in [1.807, 2.05) is 48.4 Å². The summed E-state index contributed by atoms with van der Waals surface area (Å²) >= 11 is 0. The van der Waals surface area contributed by atoms with Crippen molar-refractivity contribution in [2.75, 3.05) is 23.7 Å². The number of nitrogens with one attached hydrogen (secondary N) is 2. The fourth-order valence-corrected chi connectivity index (χ4v) is 4.55. The van der Waals surface area contributed by atoms with E-state index in [1.165, 1.54) is 0 Å². The number of aromatic nitrogens is 2. The molecular weight excluding hydrogens is 400 g/mol. The molecule has 2 aromatic carbocycles. The number of piperidine rings is 1. The standard InChI is InChI=1S/C25H28N6O/c1-2-31-16-13-22(29-31)23(32)30-15-8-14-25(18-30)24(26-17-19-9-4-3-5-10-19)27-20-11-6-7-12-21(20)28-25/h3-7,9-13,16,28H,2,8,14-15,17-18H2,1H3,(H,26,27)/t25-/m1/s1. The van der Waals surface area contributed by atoms with E-state index in [0.29, 0.717) is 18.8 Å². The van der Waals surface area contributed by atoms with Crippen molar-refractivity contribution in [1.82, 2.24) is 14.7 Å². The van der Waals surface area contributed by atoms with Crippen molar-refractivity contribution in [3.05, 3.63) is 78.1 Å². The Bertz CT molecular complexity index is 1140. The van der Waals surface area contributed by atoms with Gasteiger partial charge in [-0.2, -0.15) is 5.10 Å². The Morgan fingerprint density at radius 3 is 2.66 bits per heavy atom. The largest absolute Gasteiger partial charge is 0.370 e. The van der Waals surface area contributed by atoms with Gasteiger partial charge in [0.25, 0.3) is 5.91 Å². The molecule has 0 unspecified atom stereocenters. The summed E-state index contributed by atoms with van der Waals surface area (Å²) in [6.45, 7) is 4.61. The van der Waals surface area contributed by atoms with Crippen LogP contribution in [0.2, 0.25) is 0 Å². The van der Waals surface area contributed by atoms with Crippen LogP contribution in [-0.2, 0) is 13.1 Å². The average molecular weight is 429 g/mol. The van der Waals surface area contributed by atoms with E-state index in [0.717, 1.165) is 48.7 Å². The smallest absolute Gasteiger partial charge is 0.274 e. The van der Waals surface area contributed by atoms with E-state index >= 15 is 0 Å². The van der Waals surface area contributed by atoms with Gasteiger partial charge in [0.05, 0.1) is 24.5 Å². The first-order valence-corrected chi connectivity index (χ1v) is 11.2. The molecule has 7 nitrogen and oxygen atoms in total. The third-order valence-corrected chi connectivity index (χ3v) is 6.23. The first-order valence-electron chi connectivity index (χ1n) is 11.2. The molecule has 32 heavy (non-hydrogen) atoms. The van der Waals surface area contributed by atoms with E-state index < -0.39 is 5.54 Å². The summed E-state index contributed by atoms with van der Waals surface area (Å²) in [6, 6.07) is 20.2. The van der Waals surface area contributed by atoms with E-state index in [-0.39, 0.29) is 5.91 Å². The fourth-order valence-electron chi connectivity index (χ4n) is 4.55. The quantitative estimate of drug-likeness (QED) is 0.658. The Hall–Kier alpha value is -3.61. The number of benzene rings is 2. The maximum absolute atomic E-state index is 13.2. The summed E-state index contributed by atoms with van der Waals surface area (Å²) in [5.41, 5.74) is 3.25. The van der Waals surface area contributed by atoms with Gasteiger partial charge in [-0.3, -0.25) is 14.5 Å². The van der Waals surface area contributed by atoms with Crippen LogP contribution >= 0.6 is 0 Å². The minimum Gasteiger partial charge on any atom is -0.370 e. The van der Waals surface area contributed by atoms with Crippen LogP contribution in [0.1, 0.15) is 35.8 Å². The van der Waals surface area contributed by atoms with Crippen molar-refractivity contribution < 1.29 is 4.79 Å². The maximum Gasteiger partial charge on any atom is 0.274 e. The number of hydrogen-bond donors (Lipinski definition) is 2. The van der Waals surface area contributed by atoms with Gasteiger partial charge in [-0.05, 0) is 43.5 Å². The number of hydrogen-bond acceptors (Lipinski definition) is 4. The van der Waals surface area contributed by atoms with Gasteiger partial charge in [0.15, 0.2) is 0 Å². The van der Waals surface area contributed by atoms with Gasteiger partial charge < -0.3 is 15.5 Å². The minimum absolute atomic E-state index is 0.0284. The lowest BCUT2D eigenvalue weighted by Gasteiger charge is -2.47. The van der Waals surface area contributed by atoms with Gasteiger partial charge in [0, 0.05) is 19.3 Å². The predicted octanol–water partition coefficient (Wildman–Crippen LogP) is 4.01. The van der Waals surface area contributed by atoms with Crippen LogP contribution in [0.5, 0.6) is 0 Å². The molecule has 1 spiro atoms. The summed E-state index contributed by atoms with van der Waals surface area (Å²) < 4.78 is 1.79. The molecule has 3 heterocycles. The minimum atomic E-state index is -0.454. The highest BCUT2D eigenvalue weighted by Crippen LogP contribution is 2.36. The van der Waals surface area contributed by atoms with Crippen molar-refractivity contribution in [3.8, 4) is 0 Å². The lowest BCUT2D eigenvalue weighted by atomic mass is 9.85. The highest BCUT2D eigenvalue weighted by molar-refractivity contribution is 6.10. The lowest BCUT2D eigenvalue weighted by Crippen LogP contribution is -2.62. The zero-order valence-electron chi connectivity index (χ0n) is 18.3. The lowest BCUT2D eigenvalue weighted by molar-refractivity contribution is 0.0687. The molecule has 2 aliphatic heterocycles. The van der Waals surface area contributed by atoms with Gasteiger partial charge in [0.1, 0.15) is 17.1 Å². The molecule has 2 aliphatic rings. The molecule has 7 heteroatoms. The van der Waals surface area contributed by atoms with Crippen molar-refractivity contribution in [1.29, 1.82) is 0 Å². The van der Waals surface area contributed by atoms with Gasteiger partial charge in [-0.15, -0.1) is 0 Å². The maximum atomic E-state index is 13.2. The molecule has 0 saturated carbocycles. The van der Waals surface area contributed by atoms with Crippen LogP contribution in [0.4, 0.5) is 11.4 Å².